The number of aliphatic carboxylic acids is 1. The van der Waals surface area contributed by atoms with Crippen LogP contribution in [0.15, 0.2) is 24.3 Å². The van der Waals surface area contributed by atoms with Crippen molar-refractivity contribution in [3.63, 3.8) is 0 Å². The van der Waals surface area contributed by atoms with Gasteiger partial charge in [-0.15, -0.1) is 0 Å². The van der Waals surface area contributed by atoms with E-state index in [2.05, 4.69) is 0 Å². The normalized spacial score (nSPS) is 11.8. The average molecular weight is 283 g/mol. The van der Waals surface area contributed by atoms with Crippen LogP contribution >= 0.6 is 0 Å². The van der Waals surface area contributed by atoms with Gasteiger partial charge in [0.2, 0.25) is 5.91 Å². The molecule has 0 aliphatic rings. The summed E-state index contributed by atoms with van der Waals surface area (Å²) in [5.41, 5.74) is 0. The number of ether oxygens (including phenoxy) is 1. The van der Waals surface area contributed by atoms with Crippen LogP contribution in [0.1, 0.15) is 19.8 Å². The van der Waals surface area contributed by atoms with Crippen molar-refractivity contribution < 1.29 is 23.8 Å². The molecule has 1 rings (SSSR count). The van der Waals surface area contributed by atoms with Crippen LogP contribution in [0.2, 0.25) is 0 Å². The van der Waals surface area contributed by atoms with Gasteiger partial charge in [-0.3, -0.25) is 4.79 Å². The van der Waals surface area contributed by atoms with Gasteiger partial charge in [-0.25, -0.2) is 9.18 Å². The first-order chi connectivity index (χ1) is 9.41. The molecule has 5 nitrogen and oxygen atoms in total. The smallest absolute Gasteiger partial charge is 0.326 e. The van der Waals surface area contributed by atoms with Crippen LogP contribution in [-0.2, 0) is 9.59 Å². The SMILES string of the molecule is CC(C(=O)O)N(C)C(=O)CCCOc1cccc(F)c1. The van der Waals surface area contributed by atoms with E-state index < -0.39 is 12.0 Å². The molecule has 1 aromatic rings. The molecule has 110 valence electrons. The van der Waals surface area contributed by atoms with Crippen molar-refractivity contribution in [2.45, 2.75) is 25.8 Å². The van der Waals surface area contributed by atoms with E-state index in [1.54, 1.807) is 6.07 Å². The zero-order valence-corrected chi connectivity index (χ0v) is 11.5. The standard InChI is InChI=1S/C14H18FNO4/c1-10(14(18)19)16(2)13(17)7-4-8-20-12-6-3-5-11(15)9-12/h3,5-6,9-10H,4,7-8H2,1-2H3,(H,18,19). The number of carboxylic acids is 1. The van der Waals surface area contributed by atoms with E-state index in [9.17, 15) is 14.0 Å². The lowest BCUT2D eigenvalue weighted by Crippen LogP contribution is -2.40. The molecule has 0 radical (unpaired) electrons. The number of carbonyl (C=O) groups is 2. The maximum Gasteiger partial charge on any atom is 0.326 e. The van der Waals surface area contributed by atoms with E-state index >= 15 is 0 Å². The molecule has 1 N–H and O–H groups in total. The van der Waals surface area contributed by atoms with Crippen LogP contribution in [-0.4, -0.2) is 41.6 Å². The first-order valence-corrected chi connectivity index (χ1v) is 6.28. The topological polar surface area (TPSA) is 66.8 Å². The van der Waals surface area contributed by atoms with E-state index in [0.717, 1.165) is 0 Å². The molecule has 1 aromatic carbocycles. The maximum atomic E-state index is 12.9. The number of rotatable bonds is 7. The number of likely N-dealkylation sites (N-methyl/N-ethyl adjacent to an activating group) is 1. The average Bonchev–Trinajstić information content (AvgIpc) is 2.41. The van der Waals surface area contributed by atoms with Crippen LogP contribution in [0.25, 0.3) is 0 Å². The molecule has 0 saturated heterocycles. The van der Waals surface area contributed by atoms with Crippen LogP contribution in [0.4, 0.5) is 4.39 Å². The highest BCUT2D eigenvalue weighted by atomic mass is 19.1. The van der Waals surface area contributed by atoms with Crippen molar-refractivity contribution in [2.75, 3.05) is 13.7 Å². The Morgan fingerprint density at radius 3 is 2.75 bits per heavy atom. The zero-order chi connectivity index (χ0) is 15.1. The van der Waals surface area contributed by atoms with E-state index in [1.165, 1.54) is 37.1 Å². The lowest BCUT2D eigenvalue weighted by molar-refractivity contribution is -0.148. The highest BCUT2D eigenvalue weighted by Gasteiger charge is 2.20. The number of carbonyl (C=O) groups excluding carboxylic acids is 1. The number of halogens is 1. The van der Waals surface area contributed by atoms with Crippen LogP contribution in [0.3, 0.4) is 0 Å². The number of nitrogens with zero attached hydrogens (tertiary/aromatic N) is 1. The van der Waals surface area contributed by atoms with E-state index in [1.807, 2.05) is 0 Å². The highest BCUT2D eigenvalue weighted by Crippen LogP contribution is 2.12. The predicted octanol–water partition coefficient (Wildman–Crippen LogP) is 1.92. The van der Waals surface area contributed by atoms with Gasteiger partial charge in [-0.05, 0) is 25.5 Å². The van der Waals surface area contributed by atoms with Gasteiger partial charge in [-0.1, -0.05) is 6.07 Å². The van der Waals surface area contributed by atoms with Gasteiger partial charge < -0.3 is 14.7 Å². The molecule has 6 heteroatoms. The third kappa shape index (κ3) is 4.87. The molecule has 0 heterocycles. The summed E-state index contributed by atoms with van der Waals surface area (Å²) in [4.78, 5) is 23.6. The molecule has 0 aromatic heterocycles. The second kappa shape index (κ2) is 7.47. The minimum Gasteiger partial charge on any atom is -0.493 e. The van der Waals surface area contributed by atoms with Crippen LogP contribution in [0, 0.1) is 5.82 Å². The van der Waals surface area contributed by atoms with Gasteiger partial charge in [0.1, 0.15) is 17.6 Å². The van der Waals surface area contributed by atoms with E-state index in [-0.39, 0.29) is 24.8 Å². The Labute approximate surface area is 117 Å². The molecule has 1 atom stereocenters. The molecule has 0 bridgehead atoms. The Balaban J connectivity index is 2.30. The fourth-order valence-electron chi connectivity index (χ4n) is 1.53. The fourth-order valence-corrected chi connectivity index (χ4v) is 1.53. The van der Waals surface area contributed by atoms with Gasteiger partial charge in [0, 0.05) is 19.5 Å². The minimum atomic E-state index is -1.04. The Hall–Kier alpha value is -2.11. The summed E-state index contributed by atoms with van der Waals surface area (Å²) in [5.74, 6) is -1.28. The first kappa shape index (κ1) is 15.9. The molecular formula is C14H18FNO4. The van der Waals surface area contributed by atoms with Crippen molar-refractivity contribution in [3.8, 4) is 5.75 Å². The molecule has 1 amide bonds. The fraction of sp³-hybridized carbons (Fsp3) is 0.429. The molecular weight excluding hydrogens is 265 g/mol. The largest absolute Gasteiger partial charge is 0.493 e. The Bertz CT molecular complexity index is 478. The van der Waals surface area contributed by atoms with E-state index in [0.29, 0.717) is 12.2 Å². The van der Waals surface area contributed by atoms with Crippen molar-refractivity contribution in [2.24, 2.45) is 0 Å². The predicted molar refractivity (Wildman–Crippen MR) is 71.0 cm³/mol. The van der Waals surface area contributed by atoms with Gasteiger partial charge in [0.15, 0.2) is 0 Å². The molecule has 20 heavy (non-hydrogen) atoms. The molecule has 1 unspecified atom stereocenters. The molecule has 0 aliphatic heterocycles. The third-order valence-electron chi connectivity index (χ3n) is 2.93. The first-order valence-electron chi connectivity index (χ1n) is 6.28. The Morgan fingerprint density at radius 1 is 1.45 bits per heavy atom. The molecule has 0 saturated carbocycles. The summed E-state index contributed by atoms with van der Waals surface area (Å²) in [6.07, 6.45) is 0.620. The summed E-state index contributed by atoms with van der Waals surface area (Å²) in [7, 11) is 1.45. The van der Waals surface area contributed by atoms with Crippen LogP contribution in [0.5, 0.6) is 5.75 Å². The van der Waals surface area contributed by atoms with Crippen molar-refractivity contribution >= 4 is 11.9 Å². The Morgan fingerprint density at radius 2 is 2.15 bits per heavy atom. The second-order valence-corrected chi connectivity index (χ2v) is 4.43. The summed E-state index contributed by atoms with van der Waals surface area (Å²) in [5, 5.41) is 8.79. The molecule has 0 spiro atoms. The number of carboxylic acid groups (broad SMARTS) is 1. The van der Waals surface area contributed by atoms with E-state index in [4.69, 9.17) is 9.84 Å². The zero-order valence-electron chi connectivity index (χ0n) is 11.5. The Kier molecular flexibility index (Phi) is 5.96. The molecule has 0 fully saturated rings. The highest BCUT2D eigenvalue weighted by molar-refractivity contribution is 5.83. The second-order valence-electron chi connectivity index (χ2n) is 4.43. The monoisotopic (exact) mass is 283 g/mol. The molecule has 0 aliphatic carbocycles. The maximum absolute atomic E-state index is 12.9. The number of hydrogen-bond acceptors (Lipinski definition) is 3. The lowest BCUT2D eigenvalue weighted by Gasteiger charge is -2.21. The van der Waals surface area contributed by atoms with Gasteiger partial charge in [0.25, 0.3) is 0 Å². The van der Waals surface area contributed by atoms with Crippen molar-refractivity contribution in [3.05, 3.63) is 30.1 Å². The van der Waals surface area contributed by atoms with Crippen molar-refractivity contribution in [1.82, 2.24) is 4.90 Å². The number of benzene rings is 1. The lowest BCUT2D eigenvalue weighted by atomic mass is 10.2. The summed E-state index contributed by atoms with van der Waals surface area (Å²) in [6.45, 7) is 1.72. The van der Waals surface area contributed by atoms with Crippen molar-refractivity contribution in [1.29, 1.82) is 0 Å². The third-order valence-corrected chi connectivity index (χ3v) is 2.93. The van der Waals surface area contributed by atoms with Gasteiger partial charge in [-0.2, -0.15) is 0 Å². The van der Waals surface area contributed by atoms with Crippen LogP contribution < -0.4 is 4.74 Å². The summed E-state index contributed by atoms with van der Waals surface area (Å²) >= 11 is 0. The van der Waals surface area contributed by atoms with Gasteiger partial charge in [0.05, 0.1) is 6.61 Å². The number of amides is 1. The quantitative estimate of drug-likeness (QED) is 0.776. The minimum absolute atomic E-state index is 0.184. The summed E-state index contributed by atoms with van der Waals surface area (Å²) < 4.78 is 18.2. The summed E-state index contributed by atoms with van der Waals surface area (Å²) in [6, 6.07) is 4.90. The van der Waals surface area contributed by atoms with Gasteiger partial charge >= 0.3 is 5.97 Å². The number of hydrogen-bond donors (Lipinski definition) is 1.